The molecular weight excluding hydrogens is 188 g/mol. The van der Waals surface area contributed by atoms with Gasteiger partial charge in [-0.3, -0.25) is 9.59 Å². The summed E-state index contributed by atoms with van der Waals surface area (Å²) >= 11 is 0. The van der Waals surface area contributed by atoms with Gasteiger partial charge in [0.25, 0.3) is 0 Å². The monoisotopic (exact) mass is 208 g/mol. The molecule has 0 fully saturated rings. The van der Waals surface area contributed by atoms with Gasteiger partial charge < -0.3 is 0 Å². The van der Waals surface area contributed by atoms with Crippen molar-refractivity contribution >= 4 is 11.6 Å². The van der Waals surface area contributed by atoms with Crippen LogP contribution in [0.5, 0.6) is 0 Å². The van der Waals surface area contributed by atoms with Crippen LogP contribution in [0.2, 0.25) is 0 Å². The van der Waals surface area contributed by atoms with E-state index >= 15 is 0 Å². The van der Waals surface area contributed by atoms with Gasteiger partial charge in [0.2, 0.25) is 0 Å². The lowest BCUT2D eigenvalue weighted by molar-refractivity contribution is -0.135. The molecule has 0 unspecified atom stereocenters. The second-order valence-electron chi connectivity index (χ2n) is 3.93. The van der Waals surface area contributed by atoms with Crippen molar-refractivity contribution in [3.05, 3.63) is 23.8 Å². The molecule has 0 atom stereocenters. The van der Waals surface area contributed by atoms with Crippen LogP contribution in [-0.2, 0) is 9.59 Å². The van der Waals surface area contributed by atoms with Crippen LogP contribution in [0.25, 0.3) is 0 Å². The molecule has 0 saturated heterocycles. The predicted molar refractivity (Wildman–Crippen MR) is 62.7 cm³/mol. The summed E-state index contributed by atoms with van der Waals surface area (Å²) in [5, 5.41) is 0. The van der Waals surface area contributed by atoms with Crippen LogP contribution in [0.1, 0.15) is 46.5 Å². The third-order valence-electron chi connectivity index (χ3n) is 2.37. The fourth-order valence-electron chi connectivity index (χ4n) is 1.37. The molecular formula is C13H20O2. The maximum atomic E-state index is 11.1. The van der Waals surface area contributed by atoms with Gasteiger partial charge in [-0.1, -0.05) is 17.2 Å². The lowest BCUT2D eigenvalue weighted by atomic mass is 9.99. The Bertz CT molecular complexity index is 281. The van der Waals surface area contributed by atoms with Crippen molar-refractivity contribution in [3.8, 4) is 0 Å². The van der Waals surface area contributed by atoms with Crippen molar-refractivity contribution in [1.29, 1.82) is 0 Å². The first-order valence-corrected chi connectivity index (χ1v) is 5.29. The van der Waals surface area contributed by atoms with Crippen molar-refractivity contribution in [2.45, 2.75) is 46.5 Å². The smallest absolute Gasteiger partial charge is 0.198 e. The number of carbonyl (C=O) groups is 2. The third kappa shape index (κ3) is 6.00. The molecule has 2 heteroatoms. The second kappa shape index (κ2) is 7.16. The van der Waals surface area contributed by atoms with Gasteiger partial charge in [-0.25, -0.2) is 0 Å². The highest BCUT2D eigenvalue weighted by molar-refractivity contribution is 6.36. The Labute approximate surface area is 92.1 Å². The average Bonchev–Trinajstić information content (AvgIpc) is 2.15. The van der Waals surface area contributed by atoms with E-state index in [4.69, 9.17) is 0 Å². The van der Waals surface area contributed by atoms with Crippen molar-refractivity contribution < 1.29 is 9.59 Å². The van der Waals surface area contributed by atoms with E-state index in [-0.39, 0.29) is 11.6 Å². The van der Waals surface area contributed by atoms with E-state index in [0.717, 1.165) is 19.3 Å². The molecule has 0 aromatic heterocycles. The van der Waals surface area contributed by atoms with Crippen LogP contribution < -0.4 is 0 Å². The van der Waals surface area contributed by atoms with Crippen LogP contribution in [-0.4, -0.2) is 11.6 Å². The van der Waals surface area contributed by atoms with Crippen molar-refractivity contribution in [2.24, 2.45) is 0 Å². The summed E-state index contributed by atoms with van der Waals surface area (Å²) in [6, 6.07) is 0. The van der Waals surface area contributed by atoms with Crippen LogP contribution >= 0.6 is 0 Å². The summed E-state index contributed by atoms with van der Waals surface area (Å²) in [6.07, 6.45) is 4.75. The molecule has 0 saturated carbocycles. The Morgan fingerprint density at radius 1 is 1.13 bits per heavy atom. The molecule has 0 N–H and O–H groups in total. The highest BCUT2D eigenvalue weighted by Gasteiger charge is 2.07. The molecule has 0 aliphatic carbocycles. The lowest BCUT2D eigenvalue weighted by Gasteiger charge is -2.06. The van der Waals surface area contributed by atoms with Crippen molar-refractivity contribution in [1.82, 2.24) is 0 Å². The summed E-state index contributed by atoms with van der Waals surface area (Å²) in [6.45, 7) is 9.15. The van der Waals surface area contributed by atoms with Gasteiger partial charge in [0.05, 0.1) is 0 Å². The molecule has 0 aromatic carbocycles. The van der Waals surface area contributed by atoms with Crippen molar-refractivity contribution in [2.75, 3.05) is 0 Å². The minimum Gasteiger partial charge on any atom is -0.291 e. The molecule has 0 aliphatic rings. The number of Topliss-reactive ketones (excluding diaryl/α,β-unsaturated/α-hetero) is 2. The molecule has 0 amide bonds. The van der Waals surface area contributed by atoms with E-state index in [1.54, 1.807) is 0 Å². The Morgan fingerprint density at radius 3 is 2.13 bits per heavy atom. The molecule has 0 radical (unpaired) electrons. The van der Waals surface area contributed by atoms with E-state index in [1.165, 1.54) is 18.1 Å². The zero-order valence-electron chi connectivity index (χ0n) is 9.93. The number of ketones is 2. The normalized spacial score (nSPS) is 9.53. The number of rotatable bonds is 7. The minimum atomic E-state index is -0.336. The quantitative estimate of drug-likeness (QED) is 0.475. The molecule has 0 rings (SSSR count). The van der Waals surface area contributed by atoms with Crippen LogP contribution in [0.15, 0.2) is 23.8 Å². The van der Waals surface area contributed by atoms with Gasteiger partial charge >= 0.3 is 0 Å². The summed E-state index contributed by atoms with van der Waals surface area (Å²) in [4.78, 5) is 21.8. The Hall–Kier alpha value is -1.18. The minimum absolute atomic E-state index is 0.262. The average molecular weight is 208 g/mol. The fraction of sp³-hybridized carbons (Fsp3) is 0.538. The number of allylic oxidation sites excluding steroid dienone is 3. The first kappa shape index (κ1) is 13.8. The first-order valence-electron chi connectivity index (χ1n) is 5.29. The van der Waals surface area contributed by atoms with Gasteiger partial charge in [-0.2, -0.15) is 0 Å². The van der Waals surface area contributed by atoms with Crippen molar-refractivity contribution in [3.63, 3.8) is 0 Å². The predicted octanol–water partition coefficient (Wildman–Crippen LogP) is 3.23. The highest BCUT2D eigenvalue weighted by atomic mass is 16.2. The fourth-order valence-corrected chi connectivity index (χ4v) is 1.37. The Kier molecular flexibility index (Phi) is 6.59. The van der Waals surface area contributed by atoms with Gasteiger partial charge in [0.15, 0.2) is 11.6 Å². The van der Waals surface area contributed by atoms with Crippen LogP contribution in [0.3, 0.4) is 0 Å². The largest absolute Gasteiger partial charge is 0.291 e. The Morgan fingerprint density at radius 2 is 1.73 bits per heavy atom. The summed E-state index contributed by atoms with van der Waals surface area (Å²) in [5.74, 6) is -0.598. The maximum Gasteiger partial charge on any atom is 0.198 e. The van der Waals surface area contributed by atoms with E-state index in [2.05, 4.69) is 20.4 Å². The topological polar surface area (TPSA) is 34.1 Å². The third-order valence-corrected chi connectivity index (χ3v) is 2.37. The summed E-state index contributed by atoms with van der Waals surface area (Å²) < 4.78 is 0. The molecule has 15 heavy (non-hydrogen) atoms. The zero-order chi connectivity index (χ0) is 11.8. The number of hydrogen-bond donors (Lipinski definition) is 0. The standard InChI is InChI=1S/C13H20O2/c1-5-7-12(10(2)3)8-6-9-13(15)11(4)14/h5H,1,6-9H2,2-4H3. The summed E-state index contributed by atoms with van der Waals surface area (Å²) in [5.41, 5.74) is 2.60. The van der Waals surface area contributed by atoms with Gasteiger partial charge in [0.1, 0.15) is 0 Å². The molecule has 0 bridgehead atoms. The molecule has 0 spiro atoms. The molecule has 0 aromatic rings. The maximum absolute atomic E-state index is 11.1. The van der Waals surface area contributed by atoms with Crippen LogP contribution in [0.4, 0.5) is 0 Å². The first-order chi connectivity index (χ1) is 6.99. The lowest BCUT2D eigenvalue weighted by Crippen LogP contribution is -2.08. The van der Waals surface area contributed by atoms with Crippen LogP contribution in [0, 0.1) is 0 Å². The van der Waals surface area contributed by atoms with E-state index in [9.17, 15) is 9.59 Å². The molecule has 84 valence electrons. The second-order valence-corrected chi connectivity index (χ2v) is 3.93. The van der Waals surface area contributed by atoms with Gasteiger partial charge in [0, 0.05) is 13.3 Å². The molecule has 0 aliphatic heterocycles. The van der Waals surface area contributed by atoms with E-state index in [1.807, 2.05) is 6.08 Å². The number of carbonyl (C=O) groups excluding carboxylic acids is 2. The van der Waals surface area contributed by atoms with Gasteiger partial charge in [-0.15, -0.1) is 6.58 Å². The summed E-state index contributed by atoms with van der Waals surface area (Å²) in [7, 11) is 0. The highest BCUT2D eigenvalue weighted by Crippen LogP contribution is 2.16. The number of hydrogen-bond acceptors (Lipinski definition) is 2. The van der Waals surface area contributed by atoms with E-state index < -0.39 is 0 Å². The SMILES string of the molecule is C=CCC(CCCC(=O)C(C)=O)=C(C)C. The molecule has 2 nitrogen and oxygen atoms in total. The van der Waals surface area contributed by atoms with E-state index in [0.29, 0.717) is 6.42 Å². The zero-order valence-corrected chi connectivity index (χ0v) is 9.93. The Balaban J connectivity index is 4.03. The molecule has 0 heterocycles. The van der Waals surface area contributed by atoms with Gasteiger partial charge in [-0.05, 0) is 33.1 Å².